The predicted molar refractivity (Wildman–Crippen MR) is 78.2 cm³/mol. The van der Waals surface area contributed by atoms with E-state index in [0.29, 0.717) is 12.1 Å². The minimum Gasteiger partial charge on any atom is -0.455 e. The van der Waals surface area contributed by atoms with Gasteiger partial charge in [-0.25, -0.2) is 0 Å². The van der Waals surface area contributed by atoms with E-state index in [-0.39, 0.29) is 24.4 Å². The van der Waals surface area contributed by atoms with Gasteiger partial charge in [0.15, 0.2) is 6.61 Å². The zero-order valence-electron chi connectivity index (χ0n) is 10.4. The summed E-state index contributed by atoms with van der Waals surface area (Å²) in [6.07, 6.45) is 0.706. The van der Waals surface area contributed by atoms with E-state index in [1.807, 2.05) is 19.1 Å². The first-order valence-electron chi connectivity index (χ1n) is 5.75. The summed E-state index contributed by atoms with van der Waals surface area (Å²) in [7, 11) is 0. The Morgan fingerprint density at radius 1 is 1.33 bits per heavy atom. The SMILES string of the molecule is CCC(C)C(=O)OCC(=O)Nc1ccc(I)cc1. The van der Waals surface area contributed by atoms with Crippen molar-refractivity contribution in [3.05, 3.63) is 27.8 Å². The molecule has 4 nitrogen and oxygen atoms in total. The molecule has 0 aliphatic carbocycles. The van der Waals surface area contributed by atoms with Gasteiger partial charge in [-0.15, -0.1) is 0 Å². The lowest BCUT2D eigenvalue weighted by atomic mass is 10.1. The molecule has 0 saturated carbocycles. The summed E-state index contributed by atoms with van der Waals surface area (Å²) < 4.78 is 5.99. The molecular formula is C13H16INO3. The van der Waals surface area contributed by atoms with Crippen molar-refractivity contribution in [3.63, 3.8) is 0 Å². The number of hydrogen-bond donors (Lipinski definition) is 1. The van der Waals surface area contributed by atoms with Crippen LogP contribution in [0.4, 0.5) is 5.69 Å². The summed E-state index contributed by atoms with van der Waals surface area (Å²) in [5, 5.41) is 2.66. The zero-order chi connectivity index (χ0) is 13.5. The highest BCUT2D eigenvalue weighted by atomic mass is 127. The number of nitrogens with one attached hydrogen (secondary N) is 1. The van der Waals surface area contributed by atoms with Gasteiger partial charge in [-0.2, -0.15) is 0 Å². The molecule has 0 bridgehead atoms. The van der Waals surface area contributed by atoms with Crippen LogP contribution in [0.1, 0.15) is 20.3 Å². The Kier molecular flexibility index (Phi) is 6.11. The van der Waals surface area contributed by atoms with E-state index in [0.717, 1.165) is 3.57 Å². The number of amides is 1. The van der Waals surface area contributed by atoms with Crippen LogP contribution < -0.4 is 5.32 Å². The average molecular weight is 361 g/mol. The minimum absolute atomic E-state index is 0.170. The Balaban J connectivity index is 2.38. The monoisotopic (exact) mass is 361 g/mol. The van der Waals surface area contributed by atoms with E-state index in [9.17, 15) is 9.59 Å². The van der Waals surface area contributed by atoms with Gasteiger partial charge in [0, 0.05) is 9.26 Å². The normalized spacial score (nSPS) is 11.7. The van der Waals surface area contributed by atoms with Crippen LogP contribution in [0, 0.1) is 9.49 Å². The summed E-state index contributed by atoms with van der Waals surface area (Å²) in [5.41, 5.74) is 0.694. The molecule has 0 radical (unpaired) electrons. The van der Waals surface area contributed by atoms with Gasteiger partial charge in [0.05, 0.1) is 5.92 Å². The van der Waals surface area contributed by atoms with Crippen molar-refractivity contribution in [3.8, 4) is 0 Å². The molecule has 1 aromatic carbocycles. The van der Waals surface area contributed by atoms with Crippen molar-refractivity contribution >= 4 is 40.2 Å². The second kappa shape index (κ2) is 7.35. The molecule has 0 spiro atoms. The van der Waals surface area contributed by atoms with Crippen LogP contribution in [0.3, 0.4) is 0 Å². The predicted octanol–water partition coefficient (Wildman–Crippen LogP) is 2.82. The van der Waals surface area contributed by atoms with E-state index < -0.39 is 0 Å². The summed E-state index contributed by atoms with van der Waals surface area (Å²) in [6, 6.07) is 7.38. The molecule has 0 aliphatic rings. The van der Waals surface area contributed by atoms with E-state index in [4.69, 9.17) is 4.74 Å². The quantitative estimate of drug-likeness (QED) is 0.648. The lowest BCUT2D eigenvalue weighted by Gasteiger charge is -2.09. The standard InChI is InChI=1S/C13H16INO3/c1-3-9(2)13(17)18-8-12(16)15-11-6-4-10(14)5-7-11/h4-7,9H,3,8H2,1-2H3,(H,15,16). The fraction of sp³-hybridized carbons (Fsp3) is 0.385. The Labute approximate surface area is 120 Å². The summed E-state index contributed by atoms with van der Waals surface area (Å²) >= 11 is 2.18. The first kappa shape index (κ1) is 14.9. The molecule has 0 heterocycles. The van der Waals surface area contributed by atoms with E-state index in [2.05, 4.69) is 27.9 Å². The number of anilines is 1. The van der Waals surface area contributed by atoms with Crippen LogP contribution in [0.5, 0.6) is 0 Å². The Hall–Kier alpha value is -1.11. The van der Waals surface area contributed by atoms with Crippen LogP contribution >= 0.6 is 22.6 Å². The molecule has 18 heavy (non-hydrogen) atoms. The molecule has 0 saturated heterocycles. The Morgan fingerprint density at radius 2 is 1.94 bits per heavy atom. The molecular weight excluding hydrogens is 345 g/mol. The van der Waals surface area contributed by atoms with Crippen LogP contribution in [-0.4, -0.2) is 18.5 Å². The molecule has 98 valence electrons. The van der Waals surface area contributed by atoms with Crippen molar-refractivity contribution in [1.29, 1.82) is 0 Å². The Morgan fingerprint density at radius 3 is 2.50 bits per heavy atom. The summed E-state index contributed by atoms with van der Waals surface area (Å²) in [4.78, 5) is 22.9. The van der Waals surface area contributed by atoms with E-state index >= 15 is 0 Å². The largest absolute Gasteiger partial charge is 0.455 e. The van der Waals surface area contributed by atoms with E-state index in [1.54, 1.807) is 19.1 Å². The lowest BCUT2D eigenvalue weighted by Crippen LogP contribution is -2.23. The molecule has 0 fully saturated rings. The fourth-order valence-corrected chi connectivity index (χ4v) is 1.54. The van der Waals surface area contributed by atoms with Gasteiger partial charge < -0.3 is 10.1 Å². The molecule has 1 rings (SSSR count). The third kappa shape index (κ3) is 5.03. The topological polar surface area (TPSA) is 55.4 Å². The maximum Gasteiger partial charge on any atom is 0.309 e. The van der Waals surface area contributed by atoms with Crippen molar-refractivity contribution in [2.45, 2.75) is 20.3 Å². The maximum absolute atomic E-state index is 11.5. The van der Waals surface area contributed by atoms with Crippen molar-refractivity contribution in [2.24, 2.45) is 5.92 Å². The van der Waals surface area contributed by atoms with Gasteiger partial charge in [0.2, 0.25) is 0 Å². The minimum atomic E-state index is -0.338. The molecule has 5 heteroatoms. The smallest absolute Gasteiger partial charge is 0.309 e. The van der Waals surface area contributed by atoms with Crippen molar-refractivity contribution in [2.75, 3.05) is 11.9 Å². The van der Waals surface area contributed by atoms with Gasteiger partial charge in [0.25, 0.3) is 5.91 Å². The number of carbonyl (C=O) groups is 2. The molecule has 1 atom stereocenters. The number of carbonyl (C=O) groups excluding carboxylic acids is 2. The molecule has 0 aliphatic heterocycles. The summed E-state index contributed by atoms with van der Waals surface area (Å²) in [5.74, 6) is -0.834. The van der Waals surface area contributed by atoms with Crippen LogP contribution in [-0.2, 0) is 14.3 Å². The highest BCUT2D eigenvalue weighted by Gasteiger charge is 2.13. The number of ether oxygens (including phenoxy) is 1. The van der Waals surface area contributed by atoms with Gasteiger partial charge in [0.1, 0.15) is 0 Å². The van der Waals surface area contributed by atoms with Crippen LogP contribution in [0.15, 0.2) is 24.3 Å². The lowest BCUT2D eigenvalue weighted by molar-refractivity contribution is -0.151. The molecule has 1 unspecified atom stereocenters. The zero-order valence-corrected chi connectivity index (χ0v) is 12.6. The number of halogens is 1. The van der Waals surface area contributed by atoms with Crippen LogP contribution in [0.25, 0.3) is 0 Å². The van der Waals surface area contributed by atoms with Gasteiger partial charge in [-0.1, -0.05) is 13.8 Å². The Bertz CT molecular complexity index is 417. The molecule has 1 N–H and O–H groups in total. The molecule has 1 amide bonds. The molecule has 1 aromatic rings. The number of benzene rings is 1. The fourth-order valence-electron chi connectivity index (χ4n) is 1.18. The first-order chi connectivity index (χ1) is 8.52. The third-order valence-corrected chi connectivity index (χ3v) is 3.21. The maximum atomic E-state index is 11.5. The number of rotatable bonds is 5. The van der Waals surface area contributed by atoms with Crippen molar-refractivity contribution < 1.29 is 14.3 Å². The second-order valence-corrected chi connectivity index (χ2v) is 5.22. The third-order valence-electron chi connectivity index (χ3n) is 2.49. The van der Waals surface area contributed by atoms with Gasteiger partial charge >= 0.3 is 5.97 Å². The average Bonchev–Trinajstić information content (AvgIpc) is 2.37. The first-order valence-corrected chi connectivity index (χ1v) is 6.83. The number of esters is 1. The molecule has 0 aromatic heterocycles. The summed E-state index contributed by atoms with van der Waals surface area (Å²) in [6.45, 7) is 3.44. The number of hydrogen-bond acceptors (Lipinski definition) is 3. The van der Waals surface area contributed by atoms with Gasteiger partial charge in [-0.3, -0.25) is 9.59 Å². The highest BCUT2D eigenvalue weighted by Crippen LogP contribution is 2.11. The highest BCUT2D eigenvalue weighted by molar-refractivity contribution is 14.1. The van der Waals surface area contributed by atoms with Gasteiger partial charge in [-0.05, 0) is 53.3 Å². The van der Waals surface area contributed by atoms with Crippen molar-refractivity contribution in [1.82, 2.24) is 0 Å². The second-order valence-electron chi connectivity index (χ2n) is 3.97. The van der Waals surface area contributed by atoms with Crippen LogP contribution in [0.2, 0.25) is 0 Å². The van der Waals surface area contributed by atoms with E-state index in [1.165, 1.54) is 0 Å².